The van der Waals surface area contributed by atoms with Gasteiger partial charge in [0, 0.05) is 31.2 Å². The number of nitrogens with zero attached hydrogens (tertiary/aromatic N) is 4. The molecule has 0 saturated carbocycles. The predicted octanol–water partition coefficient (Wildman–Crippen LogP) is 1.04. The lowest BCUT2D eigenvalue weighted by Gasteiger charge is -2.18. The standard InChI is InChI=1S/C17H23N5O3/c1-2-4-12-7-14(20-19-12)17(23)21-8-15-16(9-21)25-11-13(10-24-15)22-6-3-5-18-22/h3,5-7,13,15-16H,2,4,8-11H2,1H3,(H,19,20)/t15-,16-/m0/s1. The van der Waals surface area contributed by atoms with Crippen molar-refractivity contribution in [3.8, 4) is 0 Å². The van der Waals surface area contributed by atoms with Gasteiger partial charge in [0.05, 0.1) is 19.3 Å². The van der Waals surface area contributed by atoms with Crippen molar-refractivity contribution in [1.82, 2.24) is 24.9 Å². The normalized spacial score (nSPS) is 24.3. The van der Waals surface area contributed by atoms with Gasteiger partial charge >= 0.3 is 0 Å². The molecule has 0 bridgehead atoms. The summed E-state index contributed by atoms with van der Waals surface area (Å²) in [6.45, 7) is 4.24. The van der Waals surface area contributed by atoms with Crippen molar-refractivity contribution in [3.63, 3.8) is 0 Å². The minimum absolute atomic E-state index is 0.0671. The van der Waals surface area contributed by atoms with Crippen molar-refractivity contribution < 1.29 is 14.3 Å². The average molecular weight is 345 g/mol. The number of hydrogen-bond acceptors (Lipinski definition) is 5. The second kappa shape index (κ2) is 6.97. The first-order valence-corrected chi connectivity index (χ1v) is 8.80. The molecular formula is C17H23N5O3. The first-order chi connectivity index (χ1) is 12.2. The molecule has 2 atom stereocenters. The Kier molecular flexibility index (Phi) is 4.54. The van der Waals surface area contributed by atoms with Crippen LogP contribution >= 0.6 is 0 Å². The molecule has 25 heavy (non-hydrogen) atoms. The molecule has 0 unspecified atom stereocenters. The molecule has 4 rings (SSSR count). The number of ether oxygens (including phenoxy) is 2. The average Bonchev–Trinajstić information content (AvgIpc) is 3.35. The Morgan fingerprint density at radius 3 is 2.72 bits per heavy atom. The van der Waals surface area contributed by atoms with E-state index in [1.54, 1.807) is 11.1 Å². The number of aromatic nitrogens is 4. The summed E-state index contributed by atoms with van der Waals surface area (Å²) in [5, 5.41) is 11.3. The van der Waals surface area contributed by atoms with Gasteiger partial charge in [-0.15, -0.1) is 0 Å². The van der Waals surface area contributed by atoms with Crippen molar-refractivity contribution in [2.75, 3.05) is 26.3 Å². The molecule has 1 amide bonds. The van der Waals surface area contributed by atoms with Crippen LogP contribution in [0.1, 0.15) is 35.6 Å². The number of amides is 1. The van der Waals surface area contributed by atoms with Gasteiger partial charge in [-0.3, -0.25) is 14.6 Å². The number of H-pyrrole nitrogens is 1. The lowest BCUT2D eigenvalue weighted by atomic mass is 10.2. The van der Waals surface area contributed by atoms with Gasteiger partial charge in [0.1, 0.15) is 17.9 Å². The molecule has 134 valence electrons. The van der Waals surface area contributed by atoms with Gasteiger partial charge in [-0.2, -0.15) is 10.2 Å². The summed E-state index contributed by atoms with van der Waals surface area (Å²) in [5.41, 5.74) is 1.46. The van der Waals surface area contributed by atoms with E-state index >= 15 is 0 Å². The molecule has 8 heteroatoms. The molecule has 1 N–H and O–H groups in total. The Labute approximate surface area is 146 Å². The summed E-state index contributed by atoms with van der Waals surface area (Å²) in [4.78, 5) is 14.4. The van der Waals surface area contributed by atoms with Gasteiger partial charge in [-0.05, 0) is 18.6 Å². The topological polar surface area (TPSA) is 85.3 Å². The summed E-state index contributed by atoms with van der Waals surface area (Å²) in [6.07, 6.45) is 5.38. The molecule has 2 saturated heterocycles. The van der Waals surface area contributed by atoms with Gasteiger partial charge < -0.3 is 14.4 Å². The van der Waals surface area contributed by atoms with Crippen LogP contribution in [0.15, 0.2) is 24.5 Å². The van der Waals surface area contributed by atoms with E-state index in [1.807, 2.05) is 23.0 Å². The molecule has 0 aliphatic carbocycles. The number of rotatable bonds is 4. The van der Waals surface area contributed by atoms with E-state index in [0.29, 0.717) is 32.0 Å². The van der Waals surface area contributed by atoms with E-state index in [2.05, 4.69) is 22.2 Å². The lowest BCUT2D eigenvalue weighted by Crippen LogP contribution is -2.31. The first-order valence-electron chi connectivity index (χ1n) is 8.80. The number of fused-ring (bicyclic) bond motifs is 1. The van der Waals surface area contributed by atoms with Gasteiger partial charge in [0.2, 0.25) is 0 Å². The van der Waals surface area contributed by atoms with Gasteiger partial charge in [-0.25, -0.2) is 0 Å². The van der Waals surface area contributed by atoms with Crippen LogP contribution in [0.4, 0.5) is 0 Å². The maximum Gasteiger partial charge on any atom is 0.274 e. The number of carbonyl (C=O) groups is 1. The Balaban J connectivity index is 1.38. The first kappa shape index (κ1) is 16.3. The molecule has 2 aliphatic rings. The highest BCUT2D eigenvalue weighted by atomic mass is 16.6. The Morgan fingerprint density at radius 2 is 2.08 bits per heavy atom. The number of aromatic amines is 1. The molecule has 2 aliphatic heterocycles. The van der Waals surface area contributed by atoms with Gasteiger partial charge in [-0.1, -0.05) is 13.3 Å². The number of likely N-dealkylation sites (tertiary alicyclic amines) is 1. The molecule has 2 aromatic rings. The number of carbonyl (C=O) groups excluding carboxylic acids is 1. The van der Waals surface area contributed by atoms with E-state index in [1.165, 1.54) is 0 Å². The van der Waals surface area contributed by atoms with E-state index in [4.69, 9.17) is 9.47 Å². The third-order valence-corrected chi connectivity index (χ3v) is 4.78. The van der Waals surface area contributed by atoms with Crippen LogP contribution < -0.4 is 0 Å². The molecule has 0 spiro atoms. The number of hydrogen-bond donors (Lipinski definition) is 1. The fraction of sp³-hybridized carbons (Fsp3) is 0.588. The molecule has 8 nitrogen and oxygen atoms in total. The molecule has 4 heterocycles. The smallest absolute Gasteiger partial charge is 0.274 e. The Morgan fingerprint density at radius 1 is 1.32 bits per heavy atom. The zero-order valence-electron chi connectivity index (χ0n) is 14.3. The predicted molar refractivity (Wildman–Crippen MR) is 89.2 cm³/mol. The minimum Gasteiger partial charge on any atom is -0.371 e. The molecular weight excluding hydrogens is 322 g/mol. The van der Waals surface area contributed by atoms with Crippen molar-refractivity contribution in [3.05, 3.63) is 35.9 Å². The second-order valence-corrected chi connectivity index (χ2v) is 6.62. The van der Waals surface area contributed by atoms with E-state index < -0.39 is 0 Å². The van der Waals surface area contributed by atoms with Gasteiger partial charge in [0.25, 0.3) is 5.91 Å². The number of aryl methyl sites for hydroxylation is 1. The Hall–Kier alpha value is -2.19. The summed E-state index contributed by atoms with van der Waals surface area (Å²) < 4.78 is 13.9. The summed E-state index contributed by atoms with van der Waals surface area (Å²) in [5.74, 6) is -0.0671. The lowest BCUT2D eigenvalue weighted by molar-refractivity contribution is -0.00461. The SMILES string of the molecule is CCCc1cc(C(=O)N2C[C@@H]3OCC(n4cccn4)CO[C@H]3C2)n[nH]1. The van der Waals surface area contributed by atoms with Crippen molar-refractivity contribution in [2.24, 2.45) is 0 Å². The highest BCUT2D eigenvalue weighted by Crippen LogP contribution is 2.24. The van der Waals surface area contributed by atoms with Crippen molar-refractivity contribution in [2.45, 2.75) is 38.0 Å². The Bertz CT molecular complexity index is 698. The maximum absolute atomic E-state index is 12.7. The highest BCUT2D eigenvalue weighted by Gasteiger charge is 2.40. The van der Waals surface area contributed by atoms with Crippen LogP contribution in [0.2, 0.25) is 0 Å². The summed E-state index contributed by atoms with van der Waals surface area (Å²) in [7, 11) is 0. The summed E-state index contributed by atoms with van der Waals surface area (Å²) >= 11 is 0. The van der Waals surface area contributed by atoms with E-state index in [9.17, 15) is 4.79 Å². The quantitative estimate of drug-likeness (QED) is 0.895. The molecule has 2 aromatic heterocycles. The van der Waals surface area contributed by atoms with Crippen LogP contribution in [0.3, 0.4) is 0 Å². The van der Waals surface area contributed by atoms with E-state index in [0.717, 1.165) is 18.5 Å². The second-order valence-electron chi connectivity index (χ2n) is 6.62. The van der Waals surface area contributed by atoms with Crippen LogP contribution in [0.25, 0.3) is 0 Å². The third-order valence-electron chi connectivity index (χ3n) is 4.78. The van der Waals surface area contributed by atoms with Crippen LogP contribution in [-0.2, 0) is 15.9 Å². The monoisotopic (exact) mass is 345 g/mol. The molecule has 0 radical (unpaired) electrons. The van der Waals surface area contributed by atoms with Crippen LogP contribution in [-0.4, -0.2) is 69.3 Å². The molecule has 2 fully saturated rings. The summed E-state index contributed by atoms with van der Waals surface area (Å²) in [6, 6.07) is 3.81. The zero-order chi connectivity index (χ0) is 17.2. The fourth-order valence-corrected chi connectivity index (χ4v) is 3.43. The fourth-order valence-electron chi connectivity index (χ4n) is 3.43. The van der Waals surface area contributed by atoms with Gasteiger partial charge in [0.15, 0.2) is 0 Å². The maximum atomic E-state index is 12.7. The van der Waals surface area contributed by atoms with Crippen LogP contribution in [0.5, 0.6) is 0 Å². The highest BCUT2D eigenvalue weighted by molar-refractivity contribution is 5.92. The van der Waals surface area contributed by atoms with Crippen LogP contribution in [0, 0.1) is 0 Å². The zero-order valence-corrected chi connectivity index (χ0v) is 14.3. The number of nitrogens with one attached hydrogen (secondary N) is 1. The molecule has 0 aromatic carbocycles. The van der Waals surface area contributed by atoms with E-state index in [-0.39, 0.29) is 24.2 Å². The largest absolute Gasteiger partial charge is 0.371 e. The minimum atomic E-state index is -0.0985. The van der Waals surface area contributed by atoms with Crippen molar-refractivity contribution in [1.29, 1.82) is 0 Å². The third kappa shape index (κ3) is 3.32. The van der Waals surface area contributed by atoms with Crippen molar-refractivity contribution >= 4 is 5.91 Å².